The molecule has 29 heavy (non-hydrogen) atoms. The average molecular weight is 515 g/mol. The molecule has 1 aliphatic heterocycles. The van der Waals surface area contributed by atoms with Crippen LogP contribution in [0.4, 0.5) is 5.69 Å². The largest absolute Gasteiger partial charge is 0.497 e. The fraction of sp³-hybridized carbons (Fsp3) is 0.619. The van der Waals surface area contributed by atoms with Gasteiger partial charge in [0.15, 0.2) is 5.96 Å². The Kier molecular flexibility index (Phi) is 9.83. The van der Waals surface area contributed by atoms with Crippen molar-refractivity contribution in [3.63, 3.8) is 0 Å². The van der Waals surface area contributed by atoms with Crippen LogP contribution in [-0.2, 0) is 4.79 Å². The molecule has 8 heteroatoms. The first-order valence-corrected chi connectivity index (χ1v) is 10.3. The summed E-state index contributed by atoms with van der Waals surface area (Å²) in [7, 11) is 3.46. The second kappa shape index (κ2) is 12.1. The summed E-state index contributed by atoms with van der Waals surface area (Å²) in [6.07, 6.45) is 5.94. The molecule has 3 rings (SSSR count). The molecule has 1 aromatic rings. The summed E-state index contributed by atoms with van der Waals surface area (Å²) in [6, 6.07) is 8.52. The number of hydrogen-bond donors (Lipinski definition) is 2. The zero-order valence-corrected chi connectivity index (χ0v) is 19.9. The van der Waals surface area contributed by atoms with Crippen molar-refractivity contribution in [1.82, 2.24) is 15.5 Å². The highest BCUT2D eigenvalue weighted by molar-refractivity contribution is 14.0. The van der Waals surface area contributed by atoms with E-state index in [1.165, 1.54) is 24.9 Å². The van der Waals surface area contributed by atoms with Gasteiger partial charge in [0.1, 0.15) is 5.75 Å². The van der Waals surface area contributed by atoms with E-state index in [-0.39, 0.29) is 36.4 Å². The van der Waals surface area contributed by atoms with Crippen LogP contribution >= 0.6 is 24.0 Å². The van der Waals surface area contributed by atoms with Crippen molar-refractivity contribution in [3.05, 3.63) is 24.3 Å². The fourth-order valence-electron chi connectivity index (χ4n) is 3.99. The number of nitrogens with one attached hydrogen (secondary N) is 2. The smallest absolute Gasteiger partial charge is 0.239 e. The highest BCUT2D eigenvalue weighted by Gasteiger charge is 2.21. The molecule has 1 heterocycles. The van der Waals surface area contributed by atoms with E-state index in [1.54, 1.807) is 14.2 Å². The van der Waals surface area contributed by atoms with Crippen LogP contribution in [0.25, 0.3) is 0 Å². The van der Waals surface area contributed by atoms with Gasteiger partial charge in [0.25, 0.3) is 0 Å². The first-order chi connectivity index (χ1) is 13.7. The van der Waals surface area contributed by atoms with Crippen molar-refractivity contribution in [3.8, 4) is 5.75 Å². The Hall–Kier alpha value is -1.71. The monoisotopic (exact) mass is 515 g/mol. The number of carbonyl (C=O) groups excluding carboxylic acids is 1. The number of halogens is 1. The number of guanidine groups is 1. The summed E-state index contributed by atoms with van der Waals surface area (Å²) in [5.41, 5.74) is 1.20. The van der Waals surface area contributed by atoms with E-state index in [9.17, 15) is 4.79 Å². The van der Waals surface area contributed by atoms with Gasteiger partial charge < -0.3 is 25.2 Å². The van der Waals surface area contributed by atoms with Crippen molar-refractivity contribution < 1.29 is 9.53 Å². The Morgan fingerprint density at radius 2 is 1.76 bits per heavy atom. The van der Waals surface area contributed by atoms with Gasteiger partial charge in [-0.1, -0.05) is 19.3 Å². The number of ether oxygens (including phenoxy) is 1. The minimum Gasteiger partial charge on any atom is -0.497 e. The molecule has 0 spiro atoms. The minimum absolute atomic E-state index is 0. The lowest BCUT2D eigenvalue weighted by Gasteiger charge is -2.37. The molecule has 0 aromatic heterocycles. The van der Waals surface area contributed by atoms with Gasteiger partial charge in [-0.25, -0.2) is 0 Å². The molecule has 162 valence electrons. The molecule has 0 bridgehead atoms. The lowest BCUT2D eigenvalue weighted by molar-refractivity contribution is -0.120. The molecule has 1 aliphatic carbocycles. The lowest BCUT2D eigenvalue weighted by atomic mass is 9.95. The Morgan fingerprint density at radius 3 is 2.34 bits per heavy atom. The average Bonchev–Trinajstić information content (AvgIpc) is 2.75. The highest BCUT2D eigenvalue weighted by Crippen LogP contribution is 2.20. The predicted octanol–water partition coefficient (Wildman–Crippen LogP) is 2.46. The second-order valence-electron chi connectivity index (χ2n) is 7.48. The third kappa shape index (κ3) is 6.94. The molecule has 0 unspecified atom stereocenters. The highest BCUT2D eigenvalue weighted by atomic mass is 127. The molecule has 2 N–H and O–H groups in total. The third-order valence-electron chi connectivity index (χ3n) is 5.61. The van der Waals surface area contributed by atoms with Gasteiger partial charge in [-0.3, -0.25) is 9.79 Å². The number of benzene rings is 1. The van der Waals surface area contributed by atoms with Crippen molar-refractivity contribution in [2.24, 2.45) is 4.99 Å². The van der Waals surface area contributed by atoms with Crippen LogP contribution in [-0.4, -0.2) is 69.7 Å². The van der Waals surface area contributed by atoms with Crippen molar-refractivity contribution >= 4 is 41.5 Å². The van der Waals surface area contributed by atoms with Crippen LogP contribution in [0.1, 0.15) is 32.1 Å². The summed E-state index contributed by atoms with van der Waals surface area (Å²) >= 11 is 0. The number of methoxy groups -OCH3 is 1. The van der Waals surface area contributed by atoms with Crippen LogP contribution in [0.2, 0.25) is 0 Å². The number of rotatable bonds is 5. The van der Waals surface area contributed by atoms with Gasteiger partial charge in [-0.15, -0.1) is 24.0 Å². The Balaban J connectivity index is 0.00000300. The summed E-state index contributed by atoms with van der Waals surface area (Å²) < 4.78 is 5.23. The number of carbonyl (C=O) groups is 1. The summed E-state index contributed by atoms with van der Waals surface area (Å²) in [4.78, 5) is 21.2. The summed E-state index contributed by atoms with van der Waals surface area (Å²) in [6.45, 7) is 3.86. The van der Waals surface area contributed by atoms with E-state index in [4.69, 9.17) is 4.74 Å². The Labute approximate surface area is 191 Å². The Bertz CT molecular complexity index is 654. The molecule has 7 nitrogen and oxygen atoms in total. The van der Waals surface area contributed by atoms with Gasteiger partial charge >= 0.3 is 0 Å². The lowest BCUT2D eigenvalue weighted by Crippen LogP contribution is -2.54. The van der Waals surface area contributed by atoms with Crippen molar-refractivity contribution in [2.75, 3.05) is 51.8 Å². The minimum atomic E-state index is 0. The van der Waals surface area contributed by atoms with Crippen LogP contribution in [0.15, 0.2) is 29.3 Å². The molecular formula is C21H34IN5O2. The predicted molar refractivity (Wildman–Crippen MR) is 129 cm³/mol. The molecule has 2 aliphatic rings. The van der Waals surface area contributed by atoms with E-state index in [2.05, 4.69) is 37.6 Å². The molecule has 2 fully saturated rings. The molecular weight excluding hydrogens is 481 g/mol. The zero-order valence-electron chi connectivity index (χ0n) is 17.5. The Morgan fingerprint density at radius 1 is 1.10 bits per heavy atom. The van der Waals surface area contributed by atoms with E-state index in [0.717, 1.165) is 50.7 Å². The molecule has 0 atom stereocenters. The molecule has 1 saturated carbocycles. The topological polar surface area (TPSA) is 69.2 Å². The zero-order chi connectivity index (χ0) is 19.8. The molecule has 1 amide bonds. The van der Waals surface area contributed by atoms with Crippen molar-refractivity contribution in [2.45, 2.75) is 38.1 Å². The van der Waals surface area contributed by atoms with E-state index in [0.29, 0.717) is 6.04 Å². The normalized spacial score (nSPS) is 18.1. The van der Waals surface area contributed by atoms with Crippen LogP contribution in [0.3, 0.4) is 0 Å². The maximum Gasteiger partial charge on any atom is 0.239 e. The van der Waals surface area contributed by atoms with Gasteiger partial charge in [0, 0.05) is 45.0 Å². The molecule has 1 saturated heterocycles. The van der Waals surface area contributed by atoms with Crippen LogP contribution in [0, 0.1) is 0 Å². The number of anilines is 1. The number of piperazine rings is 1. The standard InChI is InChI=1S/C21H33N5O2.HI/c1-22-21(23-16-20(27)24-17-6-4-3-5-7-17)26-14-12-25(13-15-26)18-8-10-19(28-2)11-9-18;/h8-11,17H,3-7,12-16H2,1-2H3,(H,22,23)(H,24,27);1H. The quantitative estimate of drug-likeness (QED) is 0.359. The van der Waals surface area contributed by atoms with Crippen LogP contribution < -0.4 is 20.3 Å². The summed E-state index contributed by atoms with van der Waals surface area (Å²) in [5.74, 6) is 1.73. The molecule has 0 radical (unpaired) electrons. The van der Waals surface area contributed by atoms with Crippen LogP contribution in [0.5, 0.6) is 5.75 Å². The van der Waals surface area contributed by atoms with Gasteiger partial charge in [-0.05, 0) is 37.1 Å². The maximum atomic E-state index is 12.2. The SMILES string of the molecule is CN=C(NCC(=O)NC1CCCCC1)N1CCN(c2ccc(OC)cc2)CC1.I. The van der Waals surface area contributed by atoms with Gasteiger partial charge in [0.05, 0.1) is 13.7 Å². The summed E-state index contributed by atoms with van der Waals surface area (Å²) in [5, 5.41) is 6.37. The number of hydrogen-bond acceptors (Lipinski definition) is 4. The first kappa shape index (κ1) is 23.6. The van der Waals surface area contributed by atoms with Gasteiger partial charge in [0.2, 0.25) is 5.91 Å². The van der Waals surface area contributed by atoms with Crippen molar-refractivity contribution in [1.29, 1.82) is 0 Å². The first-order valence-electron chi connectivity index (χ1n) is 10.3. The van der Waals surface area contributed by atoms with E-state index in [1.807, 2.05) is 12.1 Å². The fourth-order valence-corrected chi connectivity index (χ4v) is 3.99. The van der Waals surface area contributed by atoms with E-state index < -0.39 is 0 Å². The number of amides is 1. The van der Waals surface area contributed by atoms with Gasteiger partial charge in [-0.2, -0.15) is 0 Å². The second-order valence-corrected chi connectivity index (χ2v) is 7.48. The maximum absolute atomic E-state index is 12.2. The number of nitrogens with zero attached hydrogens (tertiary/aromatic N) is 3. The van der Waals surface area contributed by atoms with E-state index >= 15 is 0 Å². The number of aliphatic imine (C=N–C) groups is 1. The third-order valence-corrected chi connectivity index (χ3v) is 5.61. The molecule has 1 aromatic carbocycles.